The van der Waals surface area contributed by atoms with Gasteiger partial charge in [0.1, 0.15) is 16.8 Å². The first-order valence-corrected chi connectivity index (χ1v) is 21.2. The second kappa shape index (κ2) is 14.0. The van der Waals surface area contributed by atoms with Crippen LogP contribution in [-0.2, 0) is 34.2 Å². The van der Waals surface area contributed by atoms with Crippen LogP contribution in [0.2, 0.25) is 0 Å². The molecule has 4 aliphatic rings. The number of fused-ring (bicyclic) bond motifs is 5. The Bertz CT molecular complexity index is 2250. The molecule has 0 aromatic heterocycles. The van der Waals surface area contributed by atoms with Crippen LogP contribution in [0.15, 0.2) is 145 Å². The molecule has 0 aliphatic heterocycles. The zero-order valence-electron chi connectivity index (χ0n) is 32.5. The number of ether oxygens (including phenoxy) is 2. The highest BCUT2D eigenvalue weighted by molar-refractivity contribution is 7.86. The normalized spacial score (nSPS) is 31.9. The van der Waals surface area contributed by atoms with Crippen LogP contribution in [-0.4, -0.2) is 66.7 Å². The molecule has 0 radical (unpaired) electrons. The number of esters is 1. The molecule has 8 rings (SSSR count). The van der Waals surface area contributed by atoms with Crippen LogP contribution < -0.4 is 0 Å². The molecule has 4 aromatic rings. The number of aliphatic hydroxyl groups is 2. The van der Waals surface area contributed by atoms with Gasteiger partial charge in [0.2, 0.25) is 0 Å². The first-order valence-electron chi connectivity index (χ1n) is 19.4. The van der Waals surface area contributed by atoms with Gasteiger partial charge in [0.05, 0.1) is 30.6 Å². The maximum atomic E-state index is 14.1. The first-order chi connectivity index (χ1) is 27.1. The van der Waals surface area contributed by atoms with Crippen LogP contribution in [0.4, 0.5) is 0 Å². The summed E-state index contributed by atoms with van der Waals surface area (Å²) in [7, 11) is -3.92. The lowest BCUT2D eigenvalue weighted by Gasteiger charge is -2.50. The molecule has 0 heterocycles. The van der Waals surface area contributed by atoms with Crippen molar-refractivity contribution in [2.75, 3.05) is 19.5 Å². The predicted molar refractivity (Wildman–Crippen MR) is 214 cm³/mol. The molecule has 0 spiro atoms. The molecule has 0 saturated heterocycles. The highest BCUT2D eigenvalue weighted by Gasteiger charge is 2.85. The quantitative estimate of drug-likeness (QED) is 0.0729. The van der Waals surface area contributed by atoms with Crippen molar-refractivity contribution < 1.29 is 41.9 Å². The molecule has 1 unspecified atom stereocenters. The maximum absolute atomic E-state index is 14.1. The van der Waals surface area contributed by atoms with E-state index in [1.807, 2.05) is 111 Å². The van der Waals surface area contributed by atoms with Crippen molar-refractivity contribution in [1.29, 1.82) is 0 Å². The van der Waals surface area contributed by atoms with Gasteiger partial charge in [-0.1, -0.05) is 135 Å². The molecule has 0 bridgehead atoms. The van der Waals surface area contributed by atoms with Crippen LogP contribution in [0.3, 0.4) is 0 Å². The average molecular weight is 789 g/mol. The minimum atomic E-state index is -3.92. The van der Waals surface area contributed by atoms with E-state index in [1.54, 1.807) is 43.3 Å². The van der Waals surface area contributed by atoms with Gasteiger partial charge in [-0.05, 0) is 59.2 Å². The van der Waals surface area contributed by atoms with Crippen molar-refractivity contribution in [2.24, 2.45) is 29.1 Å². The van der Waals surface area contributed by atoms with Crippen molar-refractivity contribution in [2.45, 2.75) is 56.0 Å². The van der Waals surface area contributed by atoms with Gasteiger partial charge in [-0.2, -0.15) is 8.42 Å². The molecule has 8 atom stereocenters. The standard InChI is InChI=1S/C47H48O9S/c1-31-25-39-44(50,41(31)48)28-33(29-54-47(35-19-11-6-12-20-35,36-21-13-7-14-22-36)37-23-15-8-16-24-37)26-38-40-43(3,30-55-57(4,52)53)45(40,27-32(2)46(38,39)51)56-42(49)34-17-9-5-10-18-34/h5-26,32,38-40,50-51H,27-30H2,1-4H3/t32-,38+,39-,40-,43?,44-,45+,46-/m1/s1. The number of carbonyl (C=O) groups is 2. The summed E-state index contributed by atoms with van der Waals surface area (Å²) in [6, 6.07) is 38.2. The molecular weight excluding hydrogens is 741 g/mol. The SMILES string of the molecule is CC1=C[C@H]2[C@@]3(O)[C@H](C)C[C@]4(OC(=O)c5ccccc5)[C@H]([C@@H]3C=C(COC(c3ccccc3)(c3ccccc3)c3ccccc3)C[C@]2(O)C1=O)C4(C)COS(C)(=O)=O. The molecule has 57 heavy (non-hydrogen) atoms. The van der Waals surface area contributed by atoms with Gasteiger partial charge in [-0.15, -0.1) is 0 Å². The van der Waals surface area contributed by atoms with E-state index in [0.29, 0.717) is 16.7 Å². The number of rotatable bonds is 11. The predicted octanol–water partition coefficient (Wildman–Crippen LogP) is 6.80. The number of carbonyl (C=O) groups excluding carboxylic acids is 2. The summed E-state index contributed by atoms with van der Waals surface area (Å²) in [6.07, 6.45) is 4.57. The van der Waals surface area contributed by atoms with E-state index in [2.05, 4.69) is 0 Å². The molecule has 296 valence electrons. The largest absolute Gasteiger partial charge is 0.454 e. The third-order valence-electron chi connectivity index (χ3n) is 13.3. The molecule has 2 saturated carbocycles. The van der Waals surface area contributed by atoms with Crippen LogP contribution in [0.5, 0.6) is 0 Å². The molecule has 4 aromatic carbocycles. The molecular formula is C47H48O9S. The Morgan fingerprint density at radius 2 is 1.33 bits per heavy atom. The summed E-state index contributed by atoms with van der Waals surface area (Å²) in [4.78, 5) is 28.0. The van der Waals surface area contributed by atoms with Crippen molar-refractivity contribution in [3.05, 3.63) is 167 Å². The van der Waals surface area contributed by atoms with E-state index >= 15 is 0 Å². The number of hydrogen-bond donors (Lipinski definition) is 2. The highest BCUT2D eigenvalue weighted by atomic mass is 32.2. The summed E-state index contributed by atoms with van der Waals surface area (Å²) in [5.74, 6) is -4.19. The van der Waals surface area contributed by atoms with Crippen molar-refractivity contribution in [3.8, 4) is 0 Å². The lowest BCUT2D eigenvalue weighted by atomic mass is 9.60. The second-order valence-electron chi connectivity index (χ2n) is 16.7. The zero-order valence-corrected chi connectivity index (χ0v) is 33.3. The minimum absolute atomic E-state index is 0.0545. The smallest absolute Gasteiger partial charge is 0.338 e. The highest BCUT2D eigenvalue weighted by Crippen LogP contribution is 2.77. The fourth-order valence-electron chi connectivity index (χ4n) is 10.6. The summed E-state index contributed by atoms with van der Waals surface area (Å²) in [5.41, 5.74) is -3.33. The summed E-state index contributed by atoms with van der Waals surface area (Å²) >= 11 is 0. The summed E-state index contributed by atoms with van der Waals surface area (Å²) in [6.45, 7) is 4.96. The summed E-state index contributed by atoms with van der Waals surface area (Å²) in [5, 5.41) is 25.9. The number of hydrogen-bond acceptors (Lipinski definition) is 9. The maximum Gasteiger partial charge on any atom is 0.338 e. The zero-order chi connectivity index (χ0) is 40.4. The van der Waals surface area contributed by atoms with Crippen LogP contribution in [0, 0.1) is 29.1 Å². The number of benzene rings is 4. The second-order valence-corrected chi connectivity index (χ2v) is 18.3. The van der Waals surface area contributed by atoms with Crippen LogP contribution >= 0.6 is 0 Å². The Morgan fingerprint density at radius 3 is 1.84 bits per heavy atom. The Hall–Kier alpha value is -4.71. The van der Waals surface area contributed by atoms with E-state index in [4.69, 9.17) is 13.7 Å². The fourth-order valence-corrected chi connectivity index (χ4v) is 11.1. The van der Waals surface area contributed by atoms with Gasteiger partial charge in [0, 0.05) is 29.6 Å². The van der Waals surface area contributed by atoms with Gasteiger partial charge in [0.15, 0.2) is 5.78 Å². The van der Waals surface area contributed by atoms with E-state index in [1.165, 1.54) is 0 Å². The monoisotopic (exact) mass is 788 g/mol. The molecule has 2 fully saturated rings. The molecule has 10 heteroatoms. The average Bonchev–Trinajstić information content (AvgIpc) is 3.66. The Balaban J connectivity index is 1.28. The fraction of sp³-hybridized carbons (Fsp3) is 0.362. The van der Waals surface area contributed by atoms with Gasteiger partial charge < -0.3 is 19.7 Å². The molecule has 9 nitrogen and oxygen atoms in total. The van der Waals surface area contributed by atoms with Gasteiger partial charge in [0.25, 0.3) is 10.1 Å². The molecule has 0 amide bonds. The first kappa shape index (κ1) is 39.1. The van der Waals surface area contributed by atoms with Crippen LogP contribution in [0.25, 0.3) is 0 Å². The van der Waals surface area contributed by atoms with Crippen molar-refractivity contribution in [1.82, 2.24) is 0 Å². The van der Waals surface area contributed by atoms with Crippen LogP contribution in [0.1, 0.15) is 60.7 Å². The summed E-state index contributed by atoms with van der Waals surface area (Å²) < 4.78 is 44.2. The molecule has 4 aliphatic carbocycles. The van der Waals surface area contributed by atoms with Crippen molar-refractivity contribution in [3.63, 3.8) is 0 Å². The van der Waals surface area contributed by atoms with Gasteiger partial charge in [-0.3, -0.25) is 8.98 Å². The number of ketones is 1. The lowest BCUT2D eigenvalue weighted by molar-refractivity contribution is -0.177. The van der Waals surface area contributed by atoms with E-state index < -0.39 is 73.4 Å². The topological polar surface area (TPSA) is 136 Å². The van der Waals surface area contributed by atoms with E-state index in [-0.39, 0.29) is 26.1 Å². The third kappa shape index (κ3) is 6.15. The third-order valence-corrected chi connectivity index (χ3v) is 13.9. The van der Waals surface area contributed by atoms with Crippen molar-refractivity contribution >= 4 is 21.9 Å². The molecule has 2 N–H and O–H groups in total. The van der Waals surface area contributed by atoms with Gasteiger partial charge >= 0.3 is 5.97 Å². The van der Waals surface area contributed by atoms with Gasteiger partial charge in [-0.25, -0.2) is 4.79 Å². The van der Waals surface area contributed by atoms with E-state index in [9.17, 15) is 28.2 Å². The minimum Gasteiger partial charge on any atom is -0.454 e. The number of Topliss-reactive ketones (excluding diaryl/α,β-unsaturated/α-hetero) is 1. The Kier molecular flexibility index (Phi) is 9.60. The van der Waals surface area contributed by atoms with E-state index in [0.717, 1.165) is 22.9 Å². The Morgan fingerprint density at radius 1 is 0.825 bits per heavy atom. The lowest BCUT2D eigenvalue weighted by Crippen LogP contribution is -2.61. The Labute approximate surface area is 334 Å².